The smallest absolute Gasteiger partial charge is 0.248 e. The lowest BCUT2D eigenvalue weighted by molar-refractivity contribution is -0.138. The second-order valence-corrected chi connectivity index (χ2v) is 10.0. The standard InChI is InChI=1S/C28H37F2N3O6/c1-36-18-27(34)33-7-6-32(19-28(35,20-33)21-39-26-15-23(29)14-24(30)16-26)17-22-2-4-25(5-3-22)38-13-10-31-8-11-37-12-9-31/h2-5,14-16,35H,6-13,17-21H2,1H3/t28-/m0/s1. The van der Waals surface area contributed by atoms with Crippen LogP contribution in [0.25, 0.3) is 0 Å². The number of benzene rings is 2. The predicted octanol–water partition coefficient (Wildman–Crippen LogP) is 1.78. The van der Waals surface area contributed by atoms with Crippen molar-refractivity contribution in [2.45, 2.75) is 12.1 Å². The van der Waals surface area contributed by atoms with Gasteiger partial charge in [0.25, 0.3) is 0 Å². The van der Waals surface area contributed by atoms with Gasteiger partial charge in [-0.25, -0.2) is 8.78 Å². The lowest BCUT2D eigenvalue weighted by atomic mass is 10.0. The fraction of sp³-hybridized carbons (Fsp3) is 0.536. The molecule has 0 unspecified atom stereocenters. The molecule has 1 N–H and O–H groups in total. The van der Waals surface area contributed by atoms with Gasteiger partial charge in [0.2, 0.25) is 5.91 Å². The molecule has 2 aliphatic rings. The normalized spacial score (nSPS) is 21.0. The molecule has 0 bridgehead atoms. The minimum Gasteiger partial charge on any atom is -0.492 e. The summed E-state index contributed by atoms with van der Waals surface area (Å²) in [7, 11) is 1.44. The lowest BCUT2D eigenvalue weighted by Gasteiger charge is -2.33. The van der Waals surface area contributed by atoms with Gasteiger partial charge in [0, 0.05) is 71.1 Å². The van der Waals surface area contributed by atoms with Crippen molar-refractivity contribution < 1.29 is 37.6 Å². The number of nitrogens with zero attached hydrogens (tertiary/aromatic N) is 3. The van der Waals surface area contributed by atoms with Crippen LogP contribution in [0.1, 0.15) is 5.56 Å². The number of amides is 1. The number of carbonyl (C=O) groups is 1. The monoisotopic (exact) mass is 549 g/mol. The lowest BCUT2D eigenvalue weighted by Crippen LogP contribution is -2.52. The van der Waals surface area contributed by atoms with Gasteiger partial charge in [0.15, 0.2) is 0 Å². The number of rotatable bonds is 11. The van der Waals surface area contributed by atoms with Gasteiger partial charge in [0.05, 0.1) is 19.8 Å². The van der Waals surface area contributed by atoms with E-state index in [1.54, 1.807) is 0 Å². The van der Waals surface area contributed by atoms with Crippen LogP contribution in [0.2, 0.25) is 0 Å². The largest absolute Gasteiger partial charge is 0.492 e. The SMILES string of the molecule is COCC(=O)N1CCN(Cc2ccc(OCCN3CCOCC3)cc2)C[C@@](O)(COc2cc(F)cc(F)c2)C1. The van der Waals surface area contributed by atoms with Crippen molar-refractivity contribution in [2.75, 3.05) is 86.0 Å². The van der Waals surface area contributed by atoms with Crippen molar-refractivity contribution in [1.29, 1.82) is 0 Å². The van der Waals surface area contributed by atoms with Crippen molar-refractivity contribution in [3.8, 4) is 11.5 Å². The minimum atomic E-state index is -1.48. The van der Waals surface area contributed by atoms with E-state index in [-0.39, 0.29) is 38.0 Å². The zero-order valence-corrected chi connectivity index (χ0v) is 22.3. The third-order valence-corrected chi connectivity index (χ3v) is 6.76. The second kappa shape index (κ2) is 14.0. The quantitative estimate of drug-likeness (QED) is 0.454. The molecule has 39 heavy (non-hydrogen) atoms. The van der Waals surface area contributed by atoms with E-state index >= 15 is 0 Å². The second-order valence-electron chi connectivity index (χ2n) is 10.0. The molecule has 0 radical (unpaired) electrons. The number of carbonyl (C=O) groups excluding carboxylic acids is 1. The first-order valence-corrected chi connectivity index (χ1v) is 13.1. The highest BCUT2D eigenvalue weighted by Gasteiger charge is 2.37. The van der Waals surface area contributed by atoms with Crippen LogP contribution in [0.3, 0.4) is 0 Å². The molecule has 9 nitrogen and oxygen atoms in total. The predicted molar refractivity (Wildman–Crippen MR) is 140 cm³/mol. The van der Waals surface area contributed by atoms with Gasteiger partial charge < -0.3 is 29.0 Å². The third kappa shape index (κ3) is 9.11. The van der Waals surface area contributed by atoms with Crippen LogP contribution < -0.4 is 9.47 Å². The first kappa shape index (κ1) is 29.2. The Morgan fingerprint density at radius 3 is 2.36 bits per heavy atom. The molecule has 1 amide bonds. The Kier molecular flexibility index (Phi) is 10.5. The van der Waals surface area contributed by atoms with E-state index in [0.29, 0.717) is 26.2 Å². The van der Waals surface area contributed by atoms with Crippen molar-refractivity contribution in [3.05, 3.63) is 59.7 Å². The maximum atomic E-state index is 13.6. The topological polar surface area (TPSA) is 83.9 Å². The van der Waals surface area contributed by atoms with Gasteiger partial charge >= 0.3 is 0 Å². The average molecular weight is 550 g/mol. The van der Waals surface area contributed by atoms with Gasteiger partial charge in [-0.3, -0.25) is 14.6 Å². The fourth-order valence-electron chi connectivity index (χ4n) is 4.79. The summed E-state index contributed by atoms with van der Waals surface area (Å²) < 4.78 is 49.1. The number of aliphatic hydroxyl groups is 1. The van der Waals surface area contributed by atoms with Crippen LogP contribution in [0.15, 0.2) is 42.5 Å². The highest BCUT2D eigenvalue weighted by Crippen LogP contribution is 2.22. The molecule has 2 saturated heterocycles. The van der Waals surface area contributed by atoms with E-state index in [9.17, 15) is 18.7 Å². The van der Waals surface area contributed by atoms with Crippen molar-refractivity contribution in [2.24, 2.45) is 0 Å². The number of halogens is 2. The van der Waals surface area contributed by atoms with E-state index in [4.69, 9.17) is 18.9 Å². The van der Waals surface area contributed by atoms with E-state index in [0.717, 1.165) is 62.4 Å². The summed E-state index contributed by atoms with van der Waals surface area (Å²) in [6.45, 7) is 6.06. The Morgan fingerprint density at radius 2 is 1.67 bits per heavy atom. The molecule has 0 spiro atoms. The molecular formula is C28H37F2N3O6. The number of hydrogen-bond acceptors (Lipinski definition) is 8. The maximum absolute atomic E-state index is 13.6. The first-order valence-electron chi connectivity index (χ1n) is 13.1. The Bertz CT molecular complexity index is 1050. The molecule has 2 aromatic carbocycles. The van der Waals surface area contributed by atoms with E-state index in [1.165, 1.54) is 12.0 Å². The Hall–Kier alpha value is -2.83. The van der Waals surface area contributed by atoms with E-state index < -0.39 is 17.2 Å². The summed E-state index contributed by atoms with van der Waals surface area (Å²) in [5.41, 5.74) is -0.465. The summed E-state index contributed by atoms with van der Waals surface area (Å²) >= 11 is 0. The van der Waals surface area contributed by atoms with Gasteiger partial charge in [0.1, 0.15) is 48.6 Å². The molecule has 2 heterocycles. The fourth-order valence-corrected chi connectivity index (χ4v) is 4.79. The zero-order chi connectivity index (χ0) is 27.7. The highest BCUT2D eigenvalue weighted by molar-refractivity contribution is 5.77. The zero-order valence-electron chi connectivity index (χ0n) is 22.3. The summed E-state index contributed by atoms with van der Waals surface area (Å²) in [4.78, 5) is 18.5. The van der Waals surface area contributed by atoms with Crippen LogP contribution in [0, 0.1) is 11.6 Å². The Balaban J connectivity index is 1.37. The van der Waals surface area contributed by atoms with Crippen LogP contribution in [-0.2, 0) is 20.8 Å². The Labute approximate surface area is 227 Å². The van der Waals surface area contributed by atoms with Gasteiger partial charge in [-0.1, -0.05) is 12.1 Å². The van der Waals surface area contributed by atoms with Gasteiger partial charge in [-0.2, -0.15) is 0 Å². The molecule has 2 fully saturated rings. The number of morpholine rings is 1. The number of hydrogen-bond donors (Lipinski definition) is 1. The molecule has 4 rings (SSSR count). The molecule has 214 valence electrons. The number of β-amino-alcohol motifs (C(OH)–C–C–N with tert-alkyl or cyclic N) is 1. The molecule has 1 atom stereocenters. The molecule has 2 aromatic rings. The summed E-state index contributed by atoms with van der Waals surface area (Å²) in [5.74, 6) is -1.05. The van der Waals surface area contributed by atoms with Crippen molar-refractivity contribution in [3.63, 3.8) is 0 Å². The van der Waals surface area contributed by atoms with Crippen LogP contribution in [0.5, 0.6) is 11.5 Å². The minimum absolute atomic E-state index is 0.000584. The molecule has 0 aromatic heterocycles. The summed E-state index contributed by atoms with van der Waals surface area (Å²) in [5, 5.41) is 11.5. The summed E-state index contributed by atoms with van der Waals surface area (Å²) in [6, 6.07) is 10.7. The summed E-state index contributed by atoms with van der Waals surface area (Å²) in [6.07, 6.45) is 0. The average Bonchev–Trinajstić information content (AvgIpc) is 3.08. The molecule has 2 aliphatic heterocycles. The molecular weight excluding hydrogens is 512 g/mol. The molecule has 0 saturated carbocycles. The van der Waals surface area contributed by atoms with Crippen LogP contribution in [-0.4, -0.2) is 117 Å². The molecule has 11 heteroatoms. The van der Waals surface area contributed by atoms with E-state index in [1.807, 2.05) is 29.2 Å². The van der Waals surface area contributed by atoms with Crippen LogP contribution >= 0.6 is 0 Å². The van der Waals surface area contributed by atoms with E-state index in [2.05, 4.69) is 4.90 Å². The highest BCUT2D eigenvalue weighted by atomic mass is 19.1. The van der Waals surface area contributed by atoms with Crippen LogP contribution in [0.4, 0.5) is 8.78 Å². The number of methoxy groups -OCH3 is 1. The third-order valence-electron chi connectivity index (χ3n) is 6.76. The maximum Gasteiger partial charge on any atom is 0.248 e. The number of ether oxygens (including phenoxy) is 4. The van der Waals surface area contributed by atoms with Gasteiger partial charge in [-0.15, -0.1) is 0 Å². The van der Waals surface area contributed by atoms with Gasteiger partial charge in [-0.05, 0) is 17.7 Å². The molecule has 0 aliphatic carbocycles. The Morgan fingerprint density at radius 1 is 0.949 bits per heavy atom. The first-order chi connectivity index (χ1) is 18.8. The van der Waals surface area contributed by atoms with Crippen molar-refractivity contribution >= 4 is 5.91 Å². The van der Waals surface area contributed by atoms with Crippen molar-refractivity contribution in [1.82, 2.24) is 14.7 Å².